The highest BCUT2D eigenvalue weighted by atomic mass is 19.2. The molecule has 0 spiro atoms. The topological polar surface area (TPSA) is 29.1 Å². The number of ketones is 1. The summed E-state index contributed by atoms with van der Waals surface area (Å²) in [6.07, 6.45) is 2.81. The van der Waals surface area contributed by atoms with E-state index in [2.05, 4.69) is 5.32 Å². The Morgan fingerprint density at radius 2 is 2.16 bits per heavy atom. The van der Waals surface area contributed by atoms with Crippen LogP contribution in [0.1, 0.15) is 31.7 Å². The van der Waals surface area contributed by atoms with Crippen molar-refractivity contribution in [1.82, 2.24) is 5.32 Å². The lowest BCUT2D eigenvalue weighted by Crippen LogP contribution is -2.45. The van der Waals surface area contributed by atoms with E-state index in [0.29, 0.717) is 12.1 Å². The van der Waals surface area contributed by atoms with Crippen molar-refractivity contribution < 1.29 is 13.6 Å². The van der Waals surface area contributed by atoms with Gasteiger partial charge in [-0.25, -0.2) is 8.78 Å². The lowest BCUT2D eigenvalue weighted by molar-refractivity contribution is -0.129. The lowest BCUT2D eigenvalue weighted by atomic mass is 9.73. The summed E-state index contributed by atoms with van der Waals surface area (Å²) in [5, 5.41) is 3.26. The van der Waals surface area contributed by atoms with Gasteiger partial charge in [0.2, 0.25) is 0 Å². The summed E-state index contributed by atoms with van der Waals surface area (Å²) >= 11 is 0. The van der Waals surface area contributed by atoms with Crippen LogP contribution in [0.3, 0.4) is 0 Å². The third-order valence-electron chi connectivity index (χ3n) is 4.09. The fraction of sp³-hybridized carbons (Fsp3) is 0.533. The maximum absolute atomic E-state index is 13.2. The molecule has 1 atom stereocenters. The van der Waals surface area contributed by atoms with E-state index in [1.807, 2.05) is 6.92 Å². The van der Waals surface area contributed by atoms with Crippen molar-refractivity contribution in [2.45, 2.75) is 32.6 Å². The Morgan fingerprint density at radius 3 is 2.74 bits per heavy atom. The first-order valence-electron chi connectivity index (χ1n) is 6.75. The Balaban J connectivity index is 2.12. The highest BCUT2D eigenvalue weighted by Gasteiger charge is 2.37. The van der Waals surface area contributed by atoms with Crippen molar-refractivity contribution >= 4 is 5.78 Å². The first-order valence-corrected chi connectivity index (χ1v) is 6.75. The van der Waals surface area contributed by atoms with Crippen molar-refractivity contribution in [2.75, 3.05) is 13.1 Å². The zero-order chi connectivity index (χ0) is 13.9. The first-order chi connectivity index (χ1) is 9.07. The molecule has 104 valence electrons. The van der Waals surface area contributed by atoms with E-state index in [1.54, 1.807) is 0 Å². The van der Waals surface area contributed by atoms with Crippen molar-refractivity contribution in [1.29, 1.82) is 0 Å². The SMILES string of the molecule is CCC1(C(=O)Cc2ccc(F)c(F)c2)CCCNC1. The molecule has 1 unspecified atom stereocenters. The number of hydrogen-bond acceptors (Lipinski definition) is 2. The summed E-state index contributed by atoms with van der Waals surface area (Å²) in [4.78, 5) is 12.5. The van der Waals surface area contributed by atoms with Gasteiger partial charge in [-0.2, -0.15) is 0 Å². The number of halogens is 2. The van der Waals surface area contributed by atoms with Gasteiger partial charge in [0.05, 0.1) is 0 Å². The molecular weight excluding hydrogens is 248 g/mol. The van der Waals surface area contributed by atoms with Crippen LogP contribution in [-0.2, 0) is 11.2 Å². The van der Waals surface area contributed by atoms with Crippen LogP contribution in [0.4, 0.5) is 8.78 Å². The van der Waals surface area contributed by atoms with E-state index in [0.717, 1.165) is 37.9 Å². The average molecular weight is 267 g/mol. The summed E-state index contributed by atoms with van der Waals surface area (Å²) in [6.45, 7) is 3.64. The van der Waals surface area contributed by atoms with E-state index < -0.39 is 11.6 Å². The Hall–Kier alpha value is -1.29. The van der Waals surface area contributed by atoms with E-state index in [4.69, 9.17) is 0 Å². The predicted molar refractivity (Wildman–Crippen MR) is 69.9 cm³/mol. The largest absolute Gasteiger partial charge is 0.316 e. The fourth-order valence-electron chi connectivity index (χ4n) is 2.73. The van der Waals surface area contributed by atoms with Gasteiger partial charge in [0.25, 0.3) is 0 Å². The molecule has 1 fully saturated rings. The molecule has 1 aromatic rings. The van der Waals surface area contributed by atoms with E-state index in [9.17, 15) is 13.6 Å². The molecular formula is C15H19F2NO. The number of hydrogen-bond donors (Lipinski definition) is 1. The average Bonchev–Trinajstić information content (AvgIpc) is 2.43. The minimum absolute atomic E-state index is 0.119. The normalized spacial score (nSPS) is 23.3. The molecule has 0 radical (unpaired) electrons. The molecule has 2 rings (SSSR count). The minimum Gasteiger partial charge on any atom is -0.316 e. The summed E-state index contributed by atoms with van der Waals surface area (Å²) in [7, 11) is 0. The molecule has 1 aliphatic heterocycles. The van der Waals surface area contributed by atoms with Crippen LogP contribution < -0.4 is 5.32 Å². The Morgan fingerprint density at radius 1 is 1.37 bits per heavy atom. The van der Waals surface area contributed by atoms with Crippen molar-refractivity contribution in [3.63, 3.8) is 0 Å². The minimum atomic E-state index is -0.891. The van der Waals surface area contributed by atoms with Gasteiger partial charge < -0.3 is 5.32 Å². The Labute approximate surface area is 112 Å². The molecule has 0 aromatic heterocycles. The molecule has 19 heavy (non-hydrogen) atoms. The molecule has 1 saturated heterocycles. The second-order valence-electron chi connectivity index (χ2n) is 5.26. The number of carbonyl (C=O) groups excluding carboxylic acids is 1. The second kappa shape index (κ2) is 5.78. The summed E-state index contributed by atoms with van der Waals surface area (Å²) in [5.74, 6) is -1.65. The highest BCUT2D eigenvalue weighted by Crippen LogP contribution is 2.32. The van der Waals surface area contributed by atoms with Crippen LogP contribution in [0, 0.1) is 17.0 Å². The van der Waals surface area contributed by atoms with Gasteiger partial charge in [-0.3, -0.25) is 4.79 Å². The number of carbonyl (C=O) groups is 1. The molecule has 1 heterocycles. The third kappa shape index (κ3) is 3.00. The van der Waals surface area contributed by atoms with Gasteiger partial charge in [0, 0.05) is 18.4 Å². The maximum atomic E-state index is 13.2. The zero-order valence-electron chi connectivity index (χ0n) is 11.1. The third-order valence-corrected chi connectivity index (χ3v) is 4.09. The van der Waals surface area contributed by atoms with Crippen LogP contribution in [0.5, 0.6) is 0 Å². The molecule has 1 N–H and O–H groups in total. The molecule has 2 nitrogen and oxygen atoms in total. The number of Topliss-reactive ketones (excluding diaryl/α,β-unsaturated/α-hetero) is 1. The van der Waals surface area contributed by atoms with Gasteiger partial charge in [-0.15, -0.1) is 0 Å². The number of piperidine rings is 1. The quantitative estimate of drug-likeness (QED) is 0.909. The fourth-order valence-corrected chi connectivity index (χ4v) is 2.73. The van der Waals surface area contributed by atoms with Crippen LogP contribution >= 0.6 is 0 Å². The van der Waals surface area contributed by atoms with Gasteiger partial charge >= 0.3 is 0 Å². The highest BCUT2D eigenvalue weighted by molar-refractivity contribution is 5.87. The standard InChI is InChI=1S/C15H19F2NO/c1-2-15(6-3-7-18-10-15)14(19)9-11-4-5-12(16)13(17)8-11/h4-5,8,18H,2-3,6-7,9-10H2,1H3. The van der Waals surface area contributed by atoms with Crippen molar-refractivity contribution in [3.8, 4) is 0 Å². The smallest absolute Gasteiger partial charge is 0.159 e. The zero-order valence-corrected chi connectivity index (χ0v) is 11.1. The molecule has 0 amide bonds. The van der Waals surface area contributed by atoms with E-state index in [1.165, 1.54) is 6.07 Å². The van der Waals surface area contributed by atoms with Crippen molar-refractivity contribution in [3.05, 3.63) is 35.4 Å². The van der Waals surface area contributed by atoms with Crippen LogP contribution in [0.15, 0.2) is 18.2 Å². The molecule has 0 bridgehead atoms. The van der Waals surface area contributed by atoms with Crippen LogP contribution in [0.25, 0.3) is 0 Å². The van der Waals surface area contributed by atoms with Gasteiger partial charge in [0.1, 0.15) is 5.78 Å². The summed E-state index contributed by atoms with van der Waals surface area (Å²) < 4.78 is 26.0. The van der Waals surface area contributed by atoms with Crippen molar-refractivity contribution in [2.24, 2.45) is 5.41 Å². The molecule has 0 saturated carbocycles. The first kappa shape index (κ1) is 14.1. The summed E-state index contributed by atoms with van der Waals surface area (Å²) in [5.41, 5.74) is 0.200. The summed E-state index contributed by atoms with van der Waals surface area (Å²) in [6, 6.07) is 3.68. The number of rotatable bonds is 4. The lowest BCUT2D eigenvalue weighted by Gasteiger charge is -2.35. The van der Waals surface area contributed by atoms with Gasteiger partial charge in [-0.1, -0.05) is 13.0 Å². The number of nitrogens with one attached hydrogen (secondary N) is 1. The number of benzene rings is 1. The second-order valence-corrected chi connectivity index (χ2v) is 5.26. The van der Waals surface area contributed by atoms with E-state index in [-0.39, 0.29) is 17.6 Å². The molecule has 4 heteroatoms. The van der Waals surface area contributed by atoms with Crippen LogP contribution in [0.2, 0.25) is 0 Å². The van der Waals surface area contributed by atoms with Gasteiger partial charge in [-0.05, 0) is 43.5 Å². The maximum Gasteiger partial charge on any atom is 0.159 e. The predicted octanol–water partition coefficient (Wildman–Crippen LogP) is 2.86. The van der Waals surface area contributed by atoms with Gasteiger partial charge in [0.15, 0.2) is 11.6 Å². The molecule has 0 aliphatic carbocycles. The Kier molecular flexibility index (Phi) is 4.30. The molecule has 1 aromatic carbocycles. The monoisotopic (exact) mass is 267 g/mol. The Bertz CT molecular complexity index is 467. The molecule has 1 aliphatic rings. The van der Waals surface area contributed by atoms with E-state index >= 15 is 0 Å². The van der Waals surface area contributed by atoms with Crippen LogP contribution in [-0.4, -0.2) is 18.9 Å².